The Morgan fingerprint density at radius 2 is 1.37 bits per heavy atom. The lowest BCUT2D eigenvalue weighted by Gasteiger charge is -2.47. The maximum absolute atomic E-state index is 13.3. The number of halogens is 1. The van der Waals surface area contributed by atoms with Gasteiger partial charge in [0, 0.05) is 68.7 Å². The van der Waals surface area contributed by atoms with Crippen molar-refractivity contribution in [3.8, 4) is 11.1 Å². The van der Waals surface area contributed by atoms with Crippen LogP contribution in [0.3, 0.4) is 0 Å². The molecule has 0 bridgehead atoms. The molecule has 0 N–H and O–H groups in total. The third kappa shape index (κ3) is 5.95. The Hall–Kier alpha value is -3.64. The lowest BCUT2D eigenvalue weighted by molar-refractivity contribution is 0.0349. The first kappa shape index (κ1) is 28.1. The molecule has 2 fully saturated rings. The first-order valence-corrected chi connectivity index (χ1v) is 15.9. The fourth-order valence-electron chi connectivity index (χ4n) is 7.39. The topological polar surface area (TPSA) is 36.0 Å². The van der Waals surface area contributed by atoms with E-state index in [-0.39, 0.29) is 12.0 Å². The van der Waals surface area contributed by atoms with Gasteiger partial charge in [-0.25, -0.2) is 4.79 Å². The van der Waals surface area contributed by atoms with Crippen molar-refractivity contribution in [2.45, 2.75) is 30.8 Å². The molecular formula is C37H38ClN3O2. The molecule has 1 amide bonds. The number of nitrogens with zero attached hydrogens (tertiary/aromatic N) is 3. The number of benzene rings is 4. The quantitative estimate of drug-likeness (QED) is 0.236. The molecule has 2 heterocycles. The summed E-state index contributed by atoms with van der Waals surface area (Å²) < 4.78 is 5.98. The first-order chi connectivity index (χ1) is 21.1. The number of piperidine rings is 1. The van der Waals surface area contributed by atoms with Gasteiger partial charge in [0.05, 0.1) is 0 Å². The minimum absolute atomic E-state index is 0.0823. The highest BCUT2D eigenvalue weighted by molar-refractivity contribution is 6.30. The molecule has 1 aliphatic carbocycles. The van der Waals surface area contributed by atoms with E-state index in [9.17, 15) is 4.79 Å². The molecule has 2 atom stereocenters. The zero-order chi connectivity index (χ0) is 29.2. The lowest BCUT2D eigenvalue weighted by atomic mass is 9.84. The predicted molar refractivity (Wildman–Crippen MR) is 173 cm³/mol. The molecule has 0 aromatic heterocycles. The van der Waals surface area contributed by atoms with Crippen LogP contribution in [0.5, 0.6) is 0 Å². The van der Waals surface area contributed by atoms with Crippen LogP contribution < -0.4 is 0 Å². The van der Waals surface area contributed by atoms with Crippen LogP contribution in [0.25, 0.3) is 11.1 Å². The van der Waals surface area contributed by atoms with Gasteiger partial charge in [-0.3, -0.25) is 9.80 Å². The van der Waals surface area contributed by atoms with Crippen molar-refractivity contribution in [3.05, 3.63) is 130 Å². The standard InChI is InChI=1S/C37H38ClN3O2/c38-29-16-14-28(15-17-29)34-25-39(24-27-8-2-1-3-9-27)19-18-36(34)40-20-22-41(23-21-40)37(42)43-26-35-32-12-6-4-10-30(32)31-11-5-7-13-33(31)35/h1-17,34-36H,18-26H2/t34-,36-/m0/s1. The van der Waals surface area contributed by atoms with Crippen LogP contribution in [0.2, 0.25) is 5.02 Å². The van der Waals surface area contributed by atoms with Crippen LogP contribution >= 0.6 is 11.6 Å². The van der Waals surface area contributed by atoms with E-state index >= 15 is 0 Å². The summed E-state index contributed by atoms with van der Waals surface area (Å²) in [5.41, 5.74) is 7.68. The molecule has 0 unspecified atom stereocenters. The summed E-state index contributed by atoms with van der Waals surface area (Å²) in [6.45, 7) is 6.50. The Morgan fingerprint density at radius 3 is 2.05 bits per heavy atom. The minimum Gasteiger partial charge on any atom is -0.448 e. The van der Waals surface area contributed by atoms with Gasteiger partial charge in [0.2, 0.25) is 0 Å². The Bertz CT molecular complexity index is 1510. The van der Waals surface area contributed by atoms with Gasteiger partial charge in [-0.2, -0.15) is 0 Å². The first-order valence-electron chi connectivity index (χ1n) is 15.5. The van der Waals surface area contributed by atoms with E-state index in [4.69, 9.17) is 16.3 Å². The lowest BCUT2D eigenvalue weighted by Crippen LogP contribution is -2.56. The zero-order valence-corrected chi connectivity index (χ0v) is 25.2. The molecule has 0 spiro atoms. The maximum atomic E-state index is 13.3. The van der Waals surface area contributed by atoms with E-state index in [0.717, 1.165) is 44.2 Å². The third-order valence-electron chi connectivity index (χ3n) is 9.59. The molecule has 4 aromatic rings. The number of carbonyl (C=O) groups is 1. The van der Waals surface area contributed by atoms with Crippen molar-refractivity contribution in [1.82, 2.24) is 14.7 Å². The molecule has 6 heteroatoms. The van der Waals surface area contributed by atoms with E-state index in [1.54, 1.807) is 0 Å². The van der Waals surface area contributed by atoms with E-state index in [0.29, 0.717) is 31.7 Å². The minimum atomic E-state index is -0.201. The van der Waals surface area contributed by atoms with Gasteiger partial charge >= 0.3 is 6.09 Å². The summed E-state index contributed by atoms with van der Waals surface area (Å²) in [5.74, 6) is 0.467. The zero-order valence-electron chi connectivity index (χ0n) is 24.4. The highest BCUT2D eigenvalue weighted by atomic mass is 35.5. The van der Waals surface area contributed by atoms with Gasteiger partial charge in [-0.1, -0.05) is 103 Å². The number of carbonyl (C=O) groups excluding carboxylic acids is 1. The fourth-order valence-corrected chi connectivity index (χ4v) is 7.51. The summed E-state index contributed by atoms with van der Waals surface area (Å²) in [6, 6.07) is 36.5. The number of likely N-dealkylation sites (tertiary alicyclic amines) is 1. The maximum Gasteiger partial charge on any atom is 0.409 e. The number of fused-ring (bicyclic) bond motifs is 3. The van der Waals surface area contributed by atoms with E-state index in [1.165, 1.54) is 33.4 Å². The van der Waals surface area contributed by atoms with Crippen LogP contribution in [-0.2, 0) is 11.3 Å². The molecule has 43 heavy (non-hydrogen) atoms. The Morgan fingerprint density at radius 1 is 0.744 bits per heavy atom. The largest absolute Gasteiger partial charge is 0.448 e. The molecule has 220 valence electrons. The molecule has 0 radical (unpaired) electrons. The summed E-state index contributed by atoms with van der Waals surface area (Å²) in [5, 5.41) is 0.772. The van der Waals surface area contributed by atoms with Crippen LogP contribution in [0.15, 0.2) is 103 Å². The molecule has 5 nitrogen and oxygen atoms in total. The molecular weight excluding hydrogens is 554 g/mol. The van der Waals surface area contributed by atoms with Gasteiger partial charge in [0.15, 0.2) is 0 Å². The number of piperazine rings is 1. The predicted octanol–water partition coefficient (Wildman–Crippen LogP) is 7.26. The summed E-state index contributed by atoms with van der Waals surface area (Å²) >= 11 is 6.26. The Labute approximate surface area is 259 Å². The number of hydrogen-bond acceptors (Lipinski definition) is 4. The summed E-state index contributed by atoms with van der Waals surface area (Å²) in [7, 11) is 0. The van der Waals surface area contributed by atoms with Crippen molar-refractivity contribution in [2.24, 2.45) is 0 Å². The number of ether oxygens (including phenoxy) is 1. The highest BCUT2D eigenvalue weighted by Crippen LogP contribution is 2.44. The second-order valence-corrected chi connectivity index (χ2v) is 12.5. The Balaban J connectivity index is 0.986. The smallest absolute Gasteiger partial charge is 0.409 e. The number of rotatable bonds is 6. The normalized spacial score (nSPS) is 20.9. The monoisotopic (exact) mass is 591 g/mol. The van der Waals surface area contributed by atoms with Crippen molar-refractivity contribution < 1.29 is 9.53 Å². The van der Waals surface area contributed by atoms with Gasteiger partial charge < -0.3 is 9.64 Å². The van der Waals surface area contributed by atoms with Gasteiger partial charge in [-0.05, 0) is 51.9 Å². The van der Waals surface area contributed by atoms with Gasteiger partial charge in [-0.15, -0.1) is 0 Å². The number of amides is 1. The molecule has 3 aliphatic rings. The van der Waals surface area contributed by atoms with E-state index in [2.05, 4.69) is 101 Å². The SMILES string of the molecule is O=C(OCC1c2ccccc2-c2ccccc21)N1CCN([C@H]2CCN(Cc3ccccc3)C[C@H]2c2ccc(Cl)cc2)CC1. The van der Waals surface area contributed by atoms with Crippen LogP contribution in [0, 0.1) is 0 Å². The molecule has 2 aliphatic heterocycles. The average Bonchev–Trinajstić information content (AvgIpc) is 3.38. The van der Waals surface area contributed by atoms with Crippen molar-refractivity contribution in [3.63, 3.8) is 0 Å². The second kappa shape index (κ2) is 12.5. The van der Waals surface area contributed by atoms with Crippen LogP contribution in [0.4, 0.5) is 4.79 Å². The molecule has 0 saturated carbocycles. The van der Waals surface area contributed by atoms with E-state index < -0.39 is 0 Å². The van der Waals surface area contributed by atoms with E-state index in [1.807, 2.05) is 17.0 Å². The third-order valence-corrected chi connectivity index (χ3v) is 9.84. The fraction of sp³-hybridized carbons (Fsp3) is 0.324. The molecule has 4 aromatic carbocycles. The van der Waals surface area contributed by atoms with Crippen molar-refractivity contribution >= 4 is 17.7 Å². The van der Waals surface area contributed by atoms with Gasteiger partial charge in [0.25, 0.3) is 0 Å². The summed E-state index contributed by atoms with van der Waals surface area (Å²) in [6.07, 6.45) is 0.902. The van der Waals surface area contributed by atoms with Crippen LogP contribution in [-0.4, -0.2) is 72.7 Å². The van der Waals surface area contributed by atoms with Crippen molar-refractivity contribution in [2.75, 3.05) is 45.9 Å². The van der Waals surface area contributed by atoms with Crippen LogP contribution in [0.1, 0.15) is 40.5 Å². The number of hydrogen-bond donors (Lipinski definition) is 0. The Kier molecular flexibility index (Phi) is 8.20. The summed E-state index contributed by atoms with van der Waals surface area (Å²) in [4.78, 5) is 20.3. The highest BCUT2D eigenvalue weighted by Gasteiger charge is 2.37. The second-order valence-electron chi connectivity index (χ2n) is 12.1. The molecule has 2 saturated heterocycles. The molecule has 7 rings (SSSR count). The van der Waals surface area contributed by atoms with Crippen molar-refractivity contribution in [1.29, 1.82) is 0 Å². The van der Waals surface area contributed by atoms with Gasteiger partial charge in [0.1, 0.15) is 6.61 Å². The average molecular weight is 592 g/mol.